The maximum atomic E-state index is 9.32. The van der Waals surface area contributed by atoms with E-state index in [0.717, 1.165) is 0 Å². The van der Waals surface area contributed by atoms with E-state index in [-0.39, 0.29) is 136 Å². The first-order valence-electron chi connectivity index (χ1n) is 1.46. The maximum absolute atomic E-state index is 9.32. The van der Waals surface area contributed by atoms with Crippen LogP contribution >= 0.6 is 15.6 Å². The third-order valence-electron chi connectivity index (χ3n) is 0.200. The van der Waals surface area contributed by atoms with Crippen molar-refractivity contribution in [3.05, 3.63) is 0 Å². The molecule has 15 heavy (non-hydrogen) atoms. The second-order valence-electron chi connectivity index (χ2n) is 0.976. The number of hydrogen-bond donors (Lipinski definition) is 0. The van der Waals surface area contributed by atoms with Crippen LogP contribution in [0.25, 0.3) is 0 Å². The zero-order valence-corrected chi connectivity index (χ0v) is 16.5. The van der Waals surface area contributed by atoms with Gasteiger partial charge in [-0.2, -0.15) is 0 Å². The van der Waals surface area contributed by atoms with Crippen LogP contribution in [0.4, 0.5) is 0 Å². The minimum Gasteiger partial charge on any atom is -0.790 e. The molecule has 15 heteroatoms. The summed E-state index contributed by atoms with van der Waals surface area (Å²) in [7, 11) is -11.4. The standard InChI is InChI=1S/Cu.2K.H4O7P2.3H2O/c;;;1-8(2,3)7-9(4,5)6;;;/h;;;(H2,1,2,3)(H2,4,5,6);3*1H2/q+2;2*+1;;;;/p-4. The van der Waals surface area contributed by atoms with Crippen LogP contribution in [0.15, 0.2) is 0 Å². The maximum Gasteiger partial charge on any atom is 2.00 e. The third-order valence-corrected chi connectivity index (χ3v) is 1.80. The third kappa shape index (κ3) is 46.1. The topological polar surface area (TPSA) is 230 Å². The summed E-state index contributed by atoms with van der Waals surface area (Å²) in [5.74, 6) is 0. The Balaban J connectivity index is -0.0000000213. The average Bonchev–Trinajstić information content (AvgIpc) is 1.14. The number of rotatable bonds is 2. The van der Waals surface area contributed by atoms with E-state index in [4.69, 9.17) is 0 Å². The van der Waals surface area contributed by atoms with Gasteiger partial charge in [0.1, 0.15) is 0 Å². The molecule has 0 aliphatic carbocycles. The fourth-order valence-corrected chi connectivity index (χ4v) is 1.10. The minimum absolute atomic E-state index is 0. The summed E-state index contributed by atoms with van der Waals surface area (Å²) in [4.78, 5) is 37.3. The average molecular weight is 370 g/mol. The van der Waals surface area contributed by atoms with Gasteiger partial charge in [-0.1, -0.05) is 0 Å². The summed E-state index contributed by atoms with van der Waals surface area (Å²) in [6, 6.07) is 0. The molecule has 6 N–H and O–H groups in total. The smallest absolute Gasteiger partial charge is 0.790 e. The quantitative estimate of drug-likeness (QED) is 0.336. The Morgan fingerprint density at radius 3 is 0.867 bits per heavy atom. The van der Waals surface area contributed by atoms with Gasteiger partial charge in [0, 0.05) is 0 Å². The molecule has 0 heterocycles. The summed E-state index contributed by atoms with van der Waals surface area (Å²) in [5, 5.41) is 0. The largest absolute Gasteiger partial charge is 2.00 e. The van der Waals surface area contributed by atoms with Crippen molar-refractivity contribution in [2.75, 3.05) is 0 Å². The summed E-state index contributed by atoms with van der Waals surface area (Å²) < 4.78 is 21.2. The number of phosphoric acid groups is 2. The van der Waals surface area contributed by atoms with Gasteiger partial charge in [0.05, 0.1) is 15.6 Å². The van der Waals surface area contributed by atoms with Crippen LogP contribution in [0.1, 0.15) is 0 Å². The Labute approximate surface area is 181 Å². The summed E-state index contributed by atoms with van der Waals surface area (Å²) in [6.45, 7) is 0. The summed E-state index contributed by atoms with van der Waals surface area (Å²) >= 11 is 0. The first kappa shape index (κ1) is 42.8. The second-order valence-corrected chi connectivity index (χ2v) is 3.42. The van der Waals surface area contributed by atoms with Gasteiger partial charge < -0.3 is 49.4 Å². The second kappa shape index (κ2) is 17.9. The molecule has 0 spiro atoms. The van der Waals surface area contributed by atoms with Crippen LogP contribution < -0.4 is 122 Å². The van der Waals surface area contributed by atoms with Gasteiger partial charge in [-0.05, 0) is 0 Å². The van der Waals surface area contributed by atoms with Crippen LogP contribution in [-0.2, 0) is 30.5 Å². The molecular weight excluding hydrogens is 364 g/mol. The van der Waals surface area contributed by atoms with Gasteiger partial charge in [-0.3, -0.25) is 0 Å². The van der Waals surface area contributed by atoms with Gasteiger partial charge >= 0.3 is 120 Å². The molecular formula is H6CuK2O10P2. The van der Waals surface area contributed by atoms with Crippen molar-refractivity contribution in [1.29, 1.82) is 0 Å². The SMILES string of the molecule is O.O.O.O=P([O-])([O-])OP(=O)([O-])[O-].[Cu+2].[K+].[K+]. The molecule has 0 saturated heterocycles. The zero-order chi connectivity index (χ0) is 7.71. The van der Waals surface area contributed by atoms with Gasteiger partial charge in [0.25, 0.3) is 0 Å². The Morgan fingerprint density at radius 1 is 0.733 bits per heavy atom. The van der Waals surface area contributed by atoms with E-state index in [0.29, 0.717) is 0 Å². The van der Waals surface area contributed by atoms with Crippen molar-refractivity contribution in [3.8, 4) is 0 Å². The molecule has 0 aromatic rings. The van der Waals surface area contributed by atoms with Crippen molar-refractivity contribution in [3.63, 3.8) is 0 Å². The van der Waals surface area contributed by atoms with E-state index in [9.17, 15) is 28.7 Å². The van der Waals surface area contributed by atoms with E-state index < -0.39 is 15.6 Å². The first-order valence-corrected chi connectivity index (χ1v) is 4.38. The molecule has 0 aromatic heterocycles. The van der Waals surface area contributed by atoms with Crippen molar-refractivity contribution in [1.82, 2.24) is 0 Å². The van der Waals surface area contributed by atoms with Crippen LogP contribution in [0, 0.1) is 0 Å². The van der Waals surface area contributed by atoms with Crippen LogP contribution in [-0.4, -0.2) is 16.4 Å². The van der Waals surface area contributed by atoms with Crippen molar-refractivity contribution in [2.45, 2.75) is 0 Å². The molecule has 0 rings (SSSR count). The van der Waals surface area contributed by atoms with Crippen LogP contribution in [0.3, 0.4) is 0 Å². The minimum atomic E-state index is -5.68. The molecule has 0 aromatic carbocycles. The van der Waals surface area contributed by atoms with E-state index >= 15 is 0 Å². The molecule has 10 nitrogen and oxygen atoms in total. The summed E-state index contributed by atoms with van der Waals surface area (Å²) in [6.07, 6.45) is 0. The Morgan fingerprint density at radius 2 is 0.867 bits per heavy atom. The van der Waals surface area contributed by atoms with Gasteiger partial charge in [-0.25, -0.2) is 0 Å². The van der Waals surface area contributed by atoms with Crippen molar-refractivity contribution < 1.29 is 169 Å². The molecule has 0 bridgehead atoms. The Hall–Kier alpha value is 3.93. The van der Waals surface area contributed by atoms with E-state index in [1.54, 1.807) is 0 Å². The predicted octanol–water partition coefficient (Wildman–Crippen LogP) is -11.8. The summed E-state index contributed by atoms with van der Waals surface area (Å²) in [5.41, 5.74) is 0. The molecule has 0 unspecified atom stereocenters. The van der Waals surface area contributed by atoms with E-state index in [1.807, 2.05) is 0 Å². The molecule has 0 atom stereocenters. The Kier molecular flexibility index (Phi) is 51.1. The first-order chi connectivity index (χ1) is 3.71. The van der Waals surface area contributed by atoms with E-state index in [1.165, 1.54) is 0 Å². The molecule has 0 saturated carbocycles. The number of hydrogen-bond acceptors (Lipinski definition) is 7. The molecule has 0 fully saturated rings. The molecule has 0 aliphatic rings. The van der Waals surface area contributed by atoms with E-state index in [2.05, 4.69) is 4.31 Å². The van der Waals surface area contributed by atoms with Crippen LogP contribution in [0.5, 0.6) is 0 Å². The zero-order valence-electron chi connectivity index (χ0n) is 7.55. The van der Waals surface area contributed by atoms with Crippen LogP contribution in [0.2, 0.25) is 0 Å². The normalized spacial score (nSPS) is 8.27. The fourth-order valence-electron chi connectivity index (χ4n) is 0.122. The molecule has 0 aliphatic heterocycles. The van der Waals surface area contributed by atoms with Gasteiger partial charge in [0.2, 0.25) is 0 Å². The fraction of sp³-hybridized carbons (Fsp3) is 0. The van der Waals surface area contributed by atoms with Gasteiger partial charge in [0.15, 0.2) is 0 Å². The van der Waals surface area contributed by atoms with Gasteiger partial charge in [-0.15, -0.1) is 0 Å². The van der Waals surface area contributed by atoms with Crippen molar-refractivity contribution in [2.24, 2.45) is 0 Å². The van der Waals surface area contributed by atoms with Crippen molar-refractivity contribution >= 4 is 15.6 Å². The molecule has 1 radical (unpaired) electrons. The predicted molar refractivity (Wildman–Crippen MR) is 27.1 cm³/mol. The molecule has 0 amide bonds. The monoisotopic (exact) mass is 369 g/mol. The Bertz CT molecular complexity index is 162. The molecule has 89 valence electrons.